The molecule has 0 aliphatic heterocycles. The van der Waals surface area contributed by atoms with Gasteiger partial charge in [0.05, 0.1) is 5.75 Å². The number of thioether (sulfide) groups is 1. The number of hydrogen-bond donors (Lipinski definition) is 0. The van der Waals surface area contributed by atoms with E-state index in [2.05, 4.69) is 9.97 Å². The smallest absolute Gasteiger partial charge is 0.233 e. The van der Waals surface area contributed by atoms with Crippen LogP contribution >= 0.6 is 23.1 Å². The van der Waals surface area contributed by atoms with Crippen LogP contribution in [0.5, 0.6) is 0 Å². The van der Waals surface area contributed by atoms with Crippen molar-refractivity contribution in [3.8, 4) is 0 Å². The zero-order valence-electron chi connectivity index (χ0n) is 15.5. The molecule has 0 saturated heterocycles. The fraction of sp³-hybridized carbons (Fsp3) is 0.381. The summed E-state index contributed by atoms with van der Waals surface area (Å²) in [5.41, 5.74) is 0.965. The molecule has 7 heteroatoms. The van der Waals surface area contributed by atoms with Gasteiger partial charge in [-0.05, 0) is 42.0 Å². The number of carbonyl (C=O) groups excluding carboxylic acids is 1. The molecule has 0 N–H and O–H groups in total. The summed E-state index contributed by atoms with van der Waals surface area (Å²) in [7, 11) is 0. The Morgan fingerprint density at radius 1 is 1.14 bits per heavy atom. The van der Waals surface area contributed by atoms with Gasteiger partial charge in [-0.2, -0.15) is 0 Å². The average molecular weight is 416 g/mol. The van der Waals surface area contributed by atoms with Crippen LogP contribution in [0.4, 0.5) is 4.39 Å². The van der Waals surface area contributed by atoms with Crippen molar-refractivity contribution in [2.75, 3.05) is 5.75 Å². The second-order valence-electron chi connectivity index (χ2n) is 7.05. The Bertz CT molecular complexity index is 938. The van der Waals surface area contributed by atoms with Crippen LogP contribution < -0.4 is 0 Å². The van der Waals surface area contributed by atoms with E-state index in [1.54, 1.807) is 29.8 Å². The molecule has 28 heavy (non-hydrogen) atoms. The normalized spacial score (nSPS) is 15.0. The van der Waals surface area contributed by atoms with E-state index in [4.69, 9.17) is 0 Å². The number of rotatable bonds is 6. The standard InChI is InChI=1S/C21H22FN3OS2/c22-16-8-6-15(7-9-16)12-25(17-4-2-1-3-5-17)19(26)13-28-21-18-10-11-27-20(18)23-14-24-21/h6-11,14,17H,1-5,12-13H2. The van der Waals surface area contributed by atoms with Crippen molar-refractivity contribution in [3.05, 3.63) is 53.4 Å². The van der Waals surface area contributed by atoms with Gasteiger partial charge in [0.15, 0.2) is 0 Å². The van der Waals surface area contributed by atoms with Gasteiger partial charge in [-0.3, -0.25) is 4.79 Å². The number of thiophene rings is 1. The van der Waals surface area contributed by atoms with Crippen molar-refractivity contribution in [3.63, 3.8) is 0 Å². The van der Waals surface area contributed by atoms with Crippen LogP contribution in [0.2, 0.25) is 0 Å². The van der Waals surface area contributed by atoms with Gasteiger partial charge >= 0.3 is 0 Å². The van der Waals surface area contributed by atoms with Gasteiger partial charge < -0.3 is 4.90 Å². The first-order valence-electron chi connectivity index (χ1n) is 9.55. The third-order valence-corrected chi connectivity index (χ3v) is 6.97. The monoisotopic (exact) mass is 415 g/mol. The Morgan fingerprint density at radius 3 is 2.71 bits per heavy atom. The molecule has 0 bridgehead atoms. The van der Waals surface area contributed by atoms with E-state index in [1.165, 1.54) is 30.3 Å². The molecule has 0 spiro atoms. The van der Waals surface area contributed by atoms with E-state index in [1.807, 2.05) is 16.3 Å². The maximum atomic E-state index is 13.3. The predicted molar refractivity (Wildman–Crippen MR) is 112 cm³/mol. The second kappa shape index (κ2) is 9.01. The number of halogens is 1. The highest BCUT2D eigenvalue weighted by atomic mass is 32.2. The van der Waals surface area contributed by atoms with Crippen molar-refractivity contribution in [2.45, 2.75) is 49.7 Å². The van der Waals surface area contributed by atoms with Crippen LogP contribution in [0, 0.1) is 5.82 Å². The van der Waals surface area contributed by atoms with E-state index in [9.17, 15) is 9.18 Å². The number of benzene rings is 1. The lowest BCUT2D eigenvalue weighted by Crippen LogP contribution is -2.41. The Kier molecular flexibility index (Phi) is 6.22. The maximum Gasteiger partial charge on any atom is 0.233 e. The first-order valence-corrected chi connectivity index (χ1v) is 11.4. The zero-order chi connectivity index (χ0) is 19.3. The highest BCUT2D eigenvalue weighted by molar-refractivity contribution is 8.00. The number of fused-ring (bicyclic) bond motifs is 1. The van der Waals surface area contributed by atoms with Gasteiger partial charge in [0.25, 0.3) is 0 Å². The molecule has 1 aliphatic carbocycles. The number of carbonyl (C=O) groups is 1. The summed E-state index contributed by atoms with van der Waals surface area (Å²) in [5, 5.41) is 3.85. The molecule has 4 rings (SSSR count). The van der Waals surface area contributed by atoms with Crippen molar-refractivity contribution in [2.24, 2.45) is 0 Å². The molecular formula is C21H22FN3OS2. The molecule has 0 atom stereocenters. The zero-order valence-corrected chi connectivity index (χ0v) is 17.1. The molecule has 0 unspecified atom stereocenters. The van der Waals surface area contributed by atoms with Crippen LogP contribution in [0.3, 0.4) is 0 Å². The SMILES string of the molecule is O=C(CSc1ncnc2sccc12)N(Cc1ccc(F)cc1)C1CCCCC1. The first-order chi connectivity index (χ1) is 13.7. The molecule has 1 aromatic carbocycles. The van der Waals surface area contributed by atoms with Gasteiger partial charge in [0, 0.05) is 18.0 Å². The molecule has 1 saturated carbocycles. The van der Waals surface area contributed by atoms with E-state index < -0.39 is 0 Å². The van der Waals surface area contributed by atoms with E-state index >= 15 is 0 Å². The van der Waals surface area contributed by atoms with Gasteiger partial charge in [-0.1, -0.05) is 43.2 Å². The summed E-state index contributed by atoms with van der Waals surface area (Å²) < 4.78 is 13.3. The third kappa shape index (κ3) is 4.52. The van der Waals surface area contributed by atoms with Crippen LogP contribution in [-0.4, -0.2) is 32.6 Å². The van der Waals surface area contributed by atoms with Crippen molar-refractivity contribution in [1.82, 2.24) is 14.9 Å². The molecule has 2 aromatic heterocycles. The molecule has 0 radical (unpaired) electrons. The molecule has 4 nitrogen and oxygen atoms in total. The summed E-state index contributed by atoms with van der Waals surface area (Å²) in [5.74, 6) is 0.209. The van der Waals surface area contributed by atoms with E-state index in [0.29, 0.717) is 12.3 Å². The highest BCUT2D eigenvalue weighted by Gasteiger charge is 2.26. The Morgan fingerprint density at radius 2 is 1.93 bits per heavy atom. The molecule has 1 amide bonds. The van der Waals surface area contributed by atoms with Crippen LogP contribution in [0.1, 0.15) is 37.7 Å². The topological polar surface area (TPSA) is 46.1 Å². The summed E-state index contributed by atoms with van der Waals surface area (Å²) >= 11 is 3.05. The van der Waals surface area contributed by atoms with Gasteiger partial charge in [-0.15, -0.1) is 11.3 Å². The lowest BCUT2D eigenvalue weighted by Gasteiger charge is -2.34. The molecule has 1 aliphatic rings. The number of hydrogen-bond acceptors (Lipinski definition) is 5. The minimum absolute atomic E-state index is 0.114. The molecular weight excluding hydrogens is 393 g/mol. The van der Waals surface area contributed by atoms with Gasteiger partial charge in [0.1, 0.15) is 22.0 Å². The molecule has 146 valence electrons. The maximum absolute atomic E-state index is 13.3. The number of nitrogens with zero attached hydrogens (tertiary/aromatic N) is 3. The minimum Gasteiger partial charge on any atom is -0.335 e. The van der Waals surface area contributed by atoms with Crippen molar-refractivity contribution < 1.29 is 9.18 Å². The highest BCUT2D eigenvalue weighted by Crippen LogP contribution is 2.29. The molecule has 1 fully saturated rings. The summed E-state index contributed by atoms with van der Waals surface area (Å²) in [6, 6.07) is 8.72. The Labute approximate surface area is 172 Å². The van der Waals surface area contributed by atoms with Crippen LogP contribution in [0.15, 0.2) is 47.1 Å². The number of amides is 1. The average Bonchev–Trinajstić information content (AvgIpc) is 3.22. The first kappa shape index (κ1) is 19.3. The molecule has 3 aromatic rings. The van der Waals surface area contributed by atoms with Gasteiger partial charge in [0.2, 0.25) is 5.91 Å². The fourth-order valence-electron chi connectivity index (χ4n) is 3.70. The minimum atomic E-state index is -0.251. The summed E-state index contributed by atoms with van der Waals surface area (Å²) in [6.45, 7) is 0.530. The largest absolute Gasteiger partial charge is 0.335 e. The van der Waals surface area contributed by atoms with Crippen molar-refractivity contribution in [1.29, 1.82) is 0 Å². The molecule has 2 heterocycles. The predicted octanol–water partition coefficient (Wildman–Crippen LogP) is 5.28. The third-order valence-electron chi connectivity index (χ3n) is 5.16. The second-order valence-corrected chi connectivity index (χ2v) is 8.91. The lowest BCUT2D eigenvalue weighted by atomic mass is 9.94. The summed E-state index contributed by atoms with van der Waals surface area (Å²) in [6.07, 6.45) is 7.20. The Hall–Kier alpha value is -1.99. The van der Waals surface area contributed by atoms with Gasteiger partial charge in [-0.25, -0.2) is 14.4 Å². The lowest BCUT2D eigenvalue weighted by molar-refractivity contribution is -0.132. The Balaban J connectivity index is 1.48. The van der Waals surface area contributed by atoms with Crippen LogP contribution in [0.25, 0.3) is 10.2 Å². The fourth-order valence-corrected chi connectivity index (χ4v) is 5.36. The van der Waals surface area contributed by atoms with E-state index in [0.717, 1.165) is 46.5 Å². The quantitative estimate of drug-likeness (QED) is 0.406. The summed E-state index contributed by atoms with van der Waals surface area (Å²) in [4.78, 5) is 24.7. The van der Waals surface area contributed by atoms with Crippen molar-refractivity contribution >= 4 is 39.2 Å². The van der Waals surface area contributed by atoms with Crippen LogP contribution in [-0.2, 0) is 11.3 Å². The van der Waals surface area contributed by atoms with E-state index in [-0.39, 0.29) is 17.8 Å². The number of aromatic nitrogens is 2.